The molecule has 0 bridgehead atoms. The Kier molecular flexibility index (Phi) is 5.04. The molecular weight excluding hydrogens is 252 g/mol. The number of rotatable bonds is 5. The van der Waals surface area contributed by atoms with Gasteiger partial charge in [-0.25, -0.2) is 0 Å². The summed E-state index contributed by atoms with van der Waals surface area (Å²) in [5.74, 6) is 1.06. The third-order valence-electron chi connectivity index (χ3n) is 3.61. The topological polar surface area (TPSA) is 0 Å². The maximum atomic E-state index is 6.16. The third kappa shape index (κ3) is 3.84. The van der Waals surface area contributed by atoms with Crippen molar-refractivity contribution in [3.63, 3.8) is 0 Å². The van der Waals surface area contributed by atoms with Crippen LogP contribution in [0.2, 0.25) is 0 Å². The fourth-order valence-corrected chi connectivity index (χ4v) is 2.67. The minimum Gasteiger partial charge on any atom is -0.126 e. The molecule has 1 unspecified atom stereocenters. The molecule has 1 atom stereocenters. The number of alkyl halides is 1. The lowest BCUT2D eigenvalue weighted by Gasteiger charge is -2.15. The fraction of sp³-hybridized carbons (Fsp3) is 0.333. The Morgan fingerprint density at radius 2 is 1.68 bits per heavy atom. The van der Waals surface area contributed by atoms with Crippen LogP contribution in [0.1, 0.15) is 35.1 Å². The molecule has 0 spiro atoms. The summed E-state index contributed by atoms with van der Waals surface area (Å²) in [6, 6.07) is 17.6. The summed E-state index contributed by atoms with van der Waals surface area (Å²) in [4.78, 5) is 0. The van der Waals surface area contributed by atoms with E-state index < -0.39 is 0 Å². The van der Waals surface area contributed by atoms with E-state index in [4.69, 9.17) is 11.6 Å². The van der Waals surface area contributed by atoms with Gasteiger partial charge in [-0.2, -0.15) is 0 Å². The van der Waals surface area contributed by atoms with Crippen molar-refractivity contribution in [3.05, 3.63) is 70.8 Å². The van der Waals surface area contributed by atoms with Crippen molar-refractivity contribution in [2.75, 3.05) is 5.88 Å². The van der Waals surface area contributed by atoms with Crippen molar-refractivity contribution in [2.45, 2.75) is 32.6 Å². The van der Waals surface area contributed by atoms with Crippen LogP contribution in [0.4, 0.5) is 0 Å². The summed E-state index contributed by atoms with van der Waals surface area (Å²) >= 11 is 6.16. The number of aryl methyl sites for hydroxylation is 2. The Hall–Kier alpha value is -1.27. The van der Waals surface area contributed by atoms with Gasteiger partial charge < -0.3 is 0 Å². The predicted molar refractivity (Wildman–Crippen MR) is 84.2 cm³/mol. The standard InChI is InChI=1S/C18H21Cl/c1-3-15-7-9-16(10-8-15)12-18(13-19)17-6-4-5-14(2)11-17/h4-11,18H,3,12-13H2,1-2H3. The van der Waals surface area contributed by atoms with E-state index in [1.54, 1.807) is 0 Å². The normalized spacial score (nSPS) is 12.4. The molecule has 0 nitrogen and oxygen atoms in total. The molecule has 0 heterocycles. The Balaban J connectivity index is 2.14. The average molecular weight is 273 g/mol. The molecule has 0 aliphatic carbocycles. The lowest BCUT2D eigenvalue weighted by molar-refractivity contribution is 0.765. The van der Waals surface area contributed by atoms with Crippen LogP contribution < -0.4 is 0 Å². The van der Waals surface area contributed by atoms with E-state index in [-0.39, 0.29) is 0 Å². The van der Waals surface area contributed by atoms with E-state index in [0.717, 1.165) is 12.8 Å². The van der Waals surface area contributed by atoms with Gasteiger partial charge in [-0.3, -0.25) is 0 Å². The van der Waals surface area contributed by atoms with Crippen LogP contribution in [-0.4, -0.2) is 5.88 Å². The number of halogens is 1. The first-order valence-corrected chi connectivity index (χ1v) is 7.46. The minimum atomic E-state index is 0.397. The Bertz CT molecular complexity index is 513. The summed E-state index contributed by atoms with van der Waals surface area (Å²) in [6.45, 7) is 4.31. The molecule has 0 aliphatic rings. The molecule has 0 saturated carbocycles. The smallest absolute Gasteiger partial charge is 0.0295 e. The molecule has 0 N–H and O–H groups in total. The van der Waals surface area contributed by atoms with Gasteiger partial charge in [0.15, 0.2) is 0 Å². The zero-order chi connectivity index (χ0) is 13.7. The molecule has 0 aliphatic heterocycles. The molecule has 1 heteroatoms. The van der Waals surface area contributed by atoms with Crippen molar-refractivity contribution >= 4 is 11.6 Å². The molecule has 0 fully saturated rings. The van der Waals surface area contributed by atoms with E-state index in [9.17, 15) is 0 Å². The Labute approximate surface area is 121 Å². The van der Waals surface area contributed by atoms with Crippen molar-refractivity contribution in [2.24, 2.45) is 0 Å². The highest BCUT2D eigenvalue weighted by Gasteiger charge is 2.11. The predicted octanol–water partition coefficient (Wildman–Crippen LogP) is 5.12. The van der Waals surface area contributed by atoms with Gasteiger partial charge in [0.25, 0.3) is 0 Å². The molecule has 0 saturated heterocycles. The van der Waals surface area contributed by atoms with E-state index in [1.165, 1.54) is 22.3 Å². The summed E-state index contributed by atoms with van der Waals surface area (Å²) in [7, 11) is 0. The summed E-state index contributed by atoms with van der Waals surface area (Å²) in [5, 5.41) is 0. The lowest BCUT2D eigenvalue weighted by atomic mass is 9.92. The van der Waals surface area contributed by atoms with E-state index in [0.29, 0.717) is 11.8 Å². The molecule has 2 rings (SSSR count). The minimum absolute atomic E-state index is 0.397. The summed E-state index contributed by atoms with van der Waals surface area (Å²) in [6.07, 6.45) is 2.11. The second-order valence-electron chi connectivity index (χ2n) is 5.14. The highest BCUT2D eigenvalue weighted by Crippen LogP contribution is 2.23. The quantitative estimate of drug-likeness (QED) is 0.663. The SMILES string of the molecule is CCc1ccc(CC(CCl)c2cccc(C)c2)cc1. The maximum absolute atomic E-state index is 6.16. The number of benzene rings is 2. The van der Waals surface area contributed by atoms with Gasteiger partial charge in [-0.15, -0.1) is 11.6 Å². The summed E-state index contributed by atoms with van der Waals surface area (Å²) < 4.78 is 0. The molecule has 0 aromatic heterocycles. The van der Waals surface area contributed by atoms with Crippen molar-refractivity contribution in [1.29, 1.82) is 0 Å². The van der Waals surface area contributed by atoms with Crippen LogP contribution in [0.3, 0.4) is 0 Å². The maximum Gasteiger partial charge on any atom is 0.0295 e. The van der Waals surface area contributed by atoms with Gasteiger partial charge in [0, 0.05) is 11.8 Å². The highest BCUT2D eigenvalue weighted by atomic mass is 35.5. The largest absolute Gasteiger partial charge is 0.126 e. The molecule has 0 amide bonds. The molecule has 2 aromatic rings. The number of hydrogen-bond donors (Lipinski definition) is 0. The van der Waals surface area contributed by atoms with Gasteiger partial charge in [-0.05, 0) is 36.5 Å². The second-order valence-corrected chi connectivity index (χ2v) is 5.45. The second kappa shape index (κ2) is 6.77. The summed E-state index contributed by atoms with van der Waals surface area (Å²) in [5.41, 5.74) is 5.40. The monoisotopic (exact) mass is 272 g/mol. The van der Waals surface area contributed by atoms with Gasteiger partial charge in [-0.1, -0.05) is 61.0 Å². The Morgan fingerprint density at radius 3 is 2.26 bits per heavy atom. The lowest BCUT2D eigenvalue weighted by Crippen LogP contribution is -2.05. The van der Waals surface area contributed by atoms with Gasteiger partial charge in [0.05, 0.1) is 0 Å². The number of hydrogen-bond acceptors (Lipinski definition) is 0. The first kappa shape index (κ1) is 14.1. The third-order valence-corrected chi connectivity index (χ3v) is 3.99. The van der Waals surface area contributed by atoms with Crippen molar-refractivity contribution in [3.8, 4) is 0 Å². The van der Waals surface area contributed by atoms with Gasteiger partial charge >= 0.3 is 0 Å². The molecule has 100 valence electrons. The zero-order valence-corrected chi connectivity index (χ0v) is 12.5. The first-order valence-electron chi connectivity index (χ1n) is 6.93. The molecule has 0 radical (unpaired) electrons. The van der Waals surface area contributed by atoms with E-state index in [2.05, 4.69) is 62.4 Å². The van der Waals surface area contributed by atoms with Crippen LogP contribution in [0.25, 0.3) is 0 Å². The highest BCUT2D eigenvalue weighted by molar-refractivity contribution is 6.18. The molecular formula is C18H21Cl. The molecule has 2 aromatic carbocycles. The van der Waals surface area contributed by atoms with Gasteiger partial charge in [0.2, 0.25) is 0 Å². The fourth-order valence-electron chi connectivity index (χ4n) is 2.38. The van der Waals surface area contributed by atoms with Gasteiger partial charge in [0.1, 0.15) is 0 Å². The zero-order valence-electron chi connectivity index (χ0n) is 11.7. The van der Waals surface area contributed by atoms with Crippen LogP contribution >= 0.6 is 11.6 Å². The van der Waals surface area contributed by atoms with E-state index >= 15 is 0 Å². The first-order chi connectivity index (χ1) is 9.22. The van der Waals surface area contributed by atoms with Crippen LogP contribution in [0, 0.1) is 6.92 Å². The van der Waals surface area contributed by atoms with E-state index in [1.807, 2.05) is 0 Å². The van der Waals surface area contributed by atoms with Crippen molar-refractivity contribution < 1.29 is 0 Å². The van der Waals surface area contributed by atoms with Crippen molar-refractivity contribution in [1.82, 2.24) is 0 Å². The Morgan fingerprint density at radius 1 is 1.00 bits per heavy atom. The van der Waals surface area contributed by atoms with Crippen LogP contribution in [0.5, 0.6) is 0 Å². The van der Waals surface area contributed by atoms with Crippen LogP contribution in [-0.2, 0) is 12.8 Å². The average Bonchev–Trinajstić information content (AvgIpc) is 2.45. The molecule has 19 heavy (non-hydrogen) atoms. The van der Waals surface area contributed by atoms with Crippen LogP contribution in [0.15, 0.2) is 48.5 Å².